The molecule has 0 bridgehead atoms. The Morgan fingerprint density at radius 1 is 0.955 bits per heavy atom. The minimum Gasteiger partial charge on any atom is -0.398 e. The normalized spacial score (nSPS) is 10.6. The first-order valence-electron chi connectivity index (χ1n) is 6.95. The molecule has 0 amide bonds. The average Bonchev–Trinajstić information content (AvgIpc) is 3.04. The fourth-order valence-electron chi connectivity index (χ4n) is 2.35. The lowest BCUT2D eigenvalue weighted by Crippen LogP contribution is -1.96. The van der Waals surface area contributed by atoms with Crippen LogP contribution in [0.25, 0.3) is 21.6 Å². The van der Waals surface area contributed by atoms with E-state index >= 15 is 0 Å². The van der Waals surface area contributed by atoms with Crippen LogP contribution in [0.3, 0.4) is 0 Å². The lowest BCUT2D eigenvalue weighted by Gasteiger charge is -2.09. The highest BCUT2D eigenvalue weighted by atomic mass is 32.1. The van der Waals surface area contributed by atoms with Gasteiger partial charge in [-0.3, -0.25) is 4.79 Å². The van der Waals surface area contributed by atoms with E-state index in [2.05, 4.69) is 6.07 Å². The molecule has 0 unspecified atom stereocenters. The predicted octanol–water partition coefficient (Wildman–Crippen LogP) is 3.94. The van der Waals surface area contributed by atoms with E-state index in [9.17, 15) is 4.79 Å². The number of nitrogen functional groups attached to an aromatic ring is 1. The lowest BCUT2D eigenvalue weighted by atomic mass is 9.99. The summed E-state index contributed by atoms with van der Waals surface area (Å²) in [6, 6.07) is 17.8. The first-order chi connectivity index (χ1) is 10.7. The third kappa shape index (κ3) is 2.79. The van der Waals surface area contributed by atoms with E-state index in [0.29, 0.717) is 6.54 Å². The van der Waals surface area contributed by atoms with Gasteiger partial charge in [0.25, 0.3) is 0 Å². The van der Waals surface area contributed by atoms with Gasteiger partial charge in [0.1, 0.15) is 0 Å². The van der Waals surface area contributed by atoms with Crippen LogP contribution < -0.4 is 11.5 Å². The monoisotopic (exact) mass is 308 g/mol. The van der Waals surface area contributed by atoms with Gasteiger partial charge in [-0.15, -0.1) is 11.3 Å². The van der Waals surface area contributed by atoms with Gasteiger partial charge in [-0.1, -0.05) is 30.3 Å². The lowest BCUT2D eigenvalue weighted by molar-refractivity contribution is 0.112. The standard InChI is InChI=1S/C18H16N2OS/c19-10-12-1-3-13(4-2-12)16-9-14(5-7-17(16)20)18-8-6-15(11-21)22-18/h1-9,11H,10,19-20H2. The second-order valence-electron chi connectivity index (χ2n) is 5.02. The van der Waals surface area contributed by atoms with E-state index in [1.54, 1.807) is 0 Å². The smallest absolute Gasteiger partial charge is 0.160 e. The van der Waals surface area contributed by atoms with Crippen molar-refractivity contribution >= 4 is 23.3 Å². The highest BCUT2D eigenvalue weighted by Crippen LogP contribution is 2.34. The van der Waals surface area contributed by atoms with Crippen molar-refractivity contribution in [3.8, 4) is 21.6 Å². The van der Waals surface area contributed by atoms with Crippen LogP contribution in [0.4, 0.5) is 5.69 Å². The number of carbonyl (C=O) groups excluding carboxylic acids is 1. The number of benzene rings is 2. The van der Waals surface area contributed by atoms with Crippen molar-refractivity contribution in [2.45, 2.75) is 6.54 Å². The summed E-state index contributed by atoms with van der Waals surface area (Å²) in [6.07, 6.45) is 0.873. The molecular formula is C18H16N2OS. The van der Waals surface area contributed by atoms with Crippen LogP contribution in [0.15, 0.2) is 54.6 Å². The summed E-state index contributed by atoms with van der Waals surface area (Å²) in [4.78, 5) is 12.6. The van der Waals surface area contributed by atoms with Gasteiger partial charge in [0, 0.05) is 22.7 Å². The molecule has 0 saturated heterocycles. The zero-order valence-electron chi connectivity index (χ0n) is 12.0. The van der Waals surface area contributed by atoms with E-state index in [1.165, 1.54) is 11.3 Å². The van der Waals surface area contributed by atoms with Crippen molar-refractivity contribution < 1.29 is 4.79 Å². The molecule has 2 aromatic carbocycles. The van der Waals surface area contributed by atoms with Gasteiger partial charge in [0.05, 0.1) is 4.88 Å². The molecule has 22 heavy (non-hydrogen) atoms. The molecule has 1 heterocycles. The van der Waals surface area contributed by atoms with E-state index in [4.69, 9.17) is 11.5 Å². The van der Waals surface area contributed by atoms with Crippen LogP contribution in [-0.4, -0.2) is 6.29 Å². The van der Waals surface area contributed by atoms with Crippen LogP contribution in [0.5, 0.6) is 0 Å². The van der Waals surface area contributed by atoms with Crippen molar-refractivity contribution in [3.63, 3.8) is 0 Å². The summed E-state index contributed by atoms with van der Waals surface area (Å²) in [6.45, 7) is 0.527. The molecule has 3 nitrogen and oxygen atoms in total. The Hall–Kier alpha value is -2.43. The number of carbonyl (C=O) groups is 1. The van der Waals surface area contributed by atoms with Gasteiger partial charge in [-0.2, -0.15) is 0 Å². The Morgan fingerprint density at radius 3 is 2.32 bits per heavy atom. The van der Waals surface area contributed by atoms with Crippen LogP contribution in [0.1, 0.15) is 15.2 Å². The van der Waals surface area contributed by atoms with Crippen LogP contribution in [-0.2, 0) is 6.54 Å². The van der Waals surface area contributed by atoms with Crippen LogP contribution >= 0.6 is 11.3 Å². The second-order valence-corrected chi connectivity index (χ2v) is 6.14. The van der Waals surface area contributed by atoms with Gasteiger partial charge >= 0.3 is 0 Å². The van der Waals surface area contributed by atoms with Gasteiger partial charge in [0.15, 0.2) is 6.29 Å². The van der Waals surface area contributed by atoms with Crippen LogP contribution in [0, 0.1) is 0 Å². The summed E-state index contributed by atoms with van der Waals surface area (Å²) in [5, 5.41) is 0. The molecule has 0 fully saturated rings. The van der Waals surface area contributed by atoms with E-state index in [0.717, 1.165) is 44.0 Å². The van der Waals surface area contributed by atoms with E-state index < -0.39 is 0 Å². The average molecular weight is 308 g/mol. The molecule has 0 aliphatic carbocycles. The Kier molecular flexibility index (Phi) is 4.04. The number of hydrogen-bond acceptors (Lipinski definition) is 4. The zero-order chi connectivity index (χ0) is 15.5. The molecule has 1 aromatic heterocycles. The topological polar surface area (TPSA) is 69.1 Å². The SMILES string of the molecule is NCc1ccc(-c2cc(-c3ccc(C=O)s3)ccc2N)cc1. The summed E-state index contributed by atoms with van der Waals surface area (Å²) >= 11 is 1.48. The molecule has 3 aromatic rings. The Labute approximate surface area is 133 Å². The quantitative estimate of drug-likeness (QED) is 0.566. The third-order valence-corrected chi connectivity index (χ3v) is 4.64. The zero-order valence-corrected chi connectivity index (χ0v) is 12.8. The van der Waals surface area contributed by atoms with Crippen molar-refractivity contribution in [3.05, 3.63) is 65.0 Å². The predicted molar refractivity (Wildman–Crippen MR) is 92.9 cm³/mol. The molecule has 110 valence electrons. The number of thiophene rings is 1. The number of anilines is 1. The number of aldehydes is 1. The van der Waals surface area contributed by atoms with Gasteiger partial charge < -0.3 is 11.5 Å². The highest BCUT2D eigenvalue weighted by molar-refractivity contribution is 7.17. The molecule has 0 atom stereocenters. The summed E-state index contributed by atoms with van der Waals surface area (Å²) in [5.74, 6) is 0. The highest BCUT2D eigenvalue weighted by Gasteiger charge is 2.08. The van der Waals surface area contributed by atoms with Crippen molar-refractivity contribution in [2.75, 3.05) is 5.73 Å². The summed E-state index contributed by atoms with van der Waals surface area (Å²) in [5.41, 5.74) is 16.7. The fraction of sp³-hybridized carbons (Fsp3) is 0.0556. The minimum absolute atomic E-state index is 0.527. The largest absolute Gasteiger partial charge is 0.398 e. The van der Waals surface area contributed by atoms with Gasteiger partial charge in [-0.25, -0.2) is 0 Å². The van der Waals surface area contributed by atoms with Crippen LogP contribution in [0.2, 0.25) is 0 Å². The first kappa shape index (κ1) is 14.5. The third-order valence-electron chi connectivity index (χ3n) is 3.58. The Bertz CT molecular complexity index is 806. The minimum atomic E-state index is 0.527. The van der Waals surface area contributed by atoms with Gasteiger partial charge in [0.2, 0.25) is 0 Å². The maximum atomic E-state index is 10.8. The first-order valence-corrected chi connectivity index (χ1v) is 7.77. The Balaban J connectivity index is 2.03. The molecule has 0 aliphatic heterocycles. The molecule has 0 radical (unpaired) electrons. The second kappa shape index (κ2) is 6.13. The molecule has 3 rings (SSSR count). The van der Waals surface area contributed by atoms with Crippen molar-refractivity contribution in [1.82, 2.24) is 0 Å². The van der Waals surface area contributed by atoms with Crippen molar-refractivity contribution in [2.24, 2.45) is 5.73 Å². The summed E-state index contributed by atoms with van der Waals surface area (Å²) in [7, 11) is 0. The molecule has 0 aliphatic rings. The van der Waals surface area contributed by atoms with E-state index in [-0.39, 0.29) is 0 Å². The Morgan fingerprint density at radius 2 is 1.68 bits per heavy atom. The molecular weight excluding hydrogens is 292 g/mol. The maximum absolute atomic E-state index is 10.8. The molecule has 4 N–H and O–H groups in total. The van der Waals surface area contributed by atoms with Crippen molar-refractivity contribution in [1.29, 1.82) is 0 Å². The summed E-state index contributed by atoms with van der Waals surface area (Å²) < 4.78 is 0. The number of rotatable bonds is 4. The molecule has 0 saturated carbocycles. The molecule has 4 heteroatoms. The number of hydrogen-bond donors (Lipinski definition) is 2. The van der Waals surface area contributed by atoms with E-state index in [1.807, 2.05) is 48.5 Å². The maximum Gasteiger partial charge on any atom is 0.160 e. The van der Waals surface area contributed by atoms with Gasteiger partial charge in [-0.05, 0) is 41.0 Å². The number of nitrogens with two attached hydrogens (primary N) is 2. The fourth-order valence-corrected chi connectivity index (χ4v) is 3.17. The molecule has 0 spiro atoms.